The number of alkyl halides is 3. The van der Waals surface area contributed by atoms with Gasteiger partial charge in [0, 0.05) is 67.6 Å². The Labute approximate surface area is 218 Å². The quantitative estimate of drug-likeness (QED) is 0.293. The molecule has 1 unspecified atom stereocenters. The molecule has 5 N–H and O–H groups in total. The normalized spacial score (nSPS) is 26.8. The van der Waals surface area contributed by atoms with Crippen molar-refractivity contribution in [2.45, 2.75) is 44.8 Å². The van der Waals surface area contributed by atoms with E-state index in [0.717, 1.165) is 37.4 Å². The van der Waals surface area contributed by atoms with E-state index in [1.54, 1.807) is 4.90 Å². The summed E-state index contributed by atoms with van der Waals surface area (Å²) in [4.78, 5) is 21.6. The number of ether oxygens (including phenoxy) is 1. The average molecular weight is 537 g/mol. The Kier molecular flexibility index (Phi) is 7.30. The lowest BCUT2D eigenvalue weighted by molar-refractivity contribution is -0.128. The molecule has 0 bridgehead atoms. The van der Waals surface area contributed by atoms with Crippen molar-refractivity contribution < 1.29 is 27.1 Å². The molecule has 2 fully saturated rings. The number of aliphatic imine (C=N–C) groups is 2. The number of amides is 1. The van der Waals surface area contributed by atoms with E-state index in [-0.39, 0.29) is 40.5 Å². The summed E-state index contributed by atoms with van der Waals surface area (Å²) in [6.45, 7) is 5.70. The second-order valence-electron chi connectivity index (χ2n) is 10.2. The summed E-state index contributed by atoms with van der Waals surface area (Å²) in [6, 6.07) is 3.42. The first-order valence-corrected chi connectivity index (χ1v) is 12.3. The highest BCUT2D eigenvalue weighted by molar-refractivity contribution is 6.11. The highest BCUT2D eigenvalue weighted by Crippen LogP contribution is 2.61. The molecule has 2 heterocycles. The van der Waals surface area contributed by atoms with Crippen molar-refractivity contribution in [3.8, 4) is 0 Å². The molecule has 3 aliphatic rings. The van der Waals surface area contributed by atoms with Gasteiger partial charge in [-0.05, 0) is 37.5 Å². The van der Waals surface area contributed by atoms with E-state index < -0.39 is 23.3 Å². The van der Waals surface area contributed by atoms with Gasteiger partial charge in [-0.25, -0.2) is 9.38 Å². The number of rotatable bonds is 6. The predicted octanol–water partition coefficient (Wildman–Crippen LogP) is 3.41. The Morgan fingerprint density at radius 1 is 1.29 bits per heavy atom. The fourth-order valence-electron chi connectivity index (χ4n) is 5.27. The van der Waals surface area contributed by atoms with E-state index in [9.17, 15) is 18.0 Å². The number of benzene rings is 1. The second kappa shape index (κ2) is 10.0. The van der Waals surface area contributed by atoms with Crippen LogP contribution in [-0.2, 0) is 9.53 Å². The molecule has 8 nitrogen and oxygen atoms in total. The zero-order valence-corrected chi connectivity index (χ0v) is 21.6. The van der Waals surface area contributed by atoms with Crippen LogP contribution in [0.5, 0.6) is 0 Å². The van der Waals surface area contributed by atoms with Crippen LogP contribution in [-0.4, -0.2) is 67.9 Å². The van der Waals surface area contributed by atoms with Crippen molar-refractivity contribution in [2.75, 3.05) is 33.4 Å². The van der Waals surface area contributed by atoms with Gasteiger partial charge in [0.05, 0.1) is 13.2 Å². The van der Waals surface area contributed by atoms with Crippen molar-refractivity contribution in [3.63, 3.8) is 0 Å². The molecular formula is C26H32F4N6O2. The molecule has 2 atom stereocenters. The largest absolute Gasteiger partial charge is 0.431 e. The van der Waals surface area contributed by atoms with Gasteiger partial charge >= 0.3 is 6.18 Å². The van der Waals surface area contributed by atoms with Gasteiger partial charge in [0.2, 0.25) is 5.91 Å². The number of hydrogen-bond donors (Lipinski definition) is 3. The van der Waals surface area contributed by atoms with Gasteiger partial charge in [0.25, 0.3) is 0 Å². The predicted molar refractivity (Wildman–Crippen MR) is 137 cm³/mol. The Morgan fingerprint density at radius 3 is 2.61 bits per heavy atom. The van der Waals surface area contributed by atoms with Gasteiger partial charge in [-0.1, -0.05) is 6.07 Å². The number of hydrogen-bond acceptors (Lipinski definition) is 6. The minimum absolute atomic E-state index is 0.0202. The fourth-order valence-corrected chi connectivity index (χ4v) is 5.27. The summed E-state index contributed by atoms with van der Waals surface area (Å²) in [6.07, 6.45) is -1.46. The maximum atomic E-state index is 15.1. The molecule has 12 heteroatoms. The van der Waals surface area contributed by atoms with E-state index in [0.29, 0.717) is 25.1 Å². The van der Waals surface area contributed by atoms with Crippen LogP contribution >= 0.6 is 0 Å². The molecule has 4 rings (SSSR count). The molecular weight excluding hydrogens is 504 g/mol. The highest BCUT2D eigenvalue weighted by atomic mass is 19.4. The number of halogens is 4. The van der Waals surface area contributed by atoms with Crippen LogP contribution in [0, 0.1) is 11.2 Å². The lowest BCUT2D eigenvalue weighted by atomic mass is 9.97. The fraction of sp³-hybridized carbons (Fsp3) is 0.500. The average Bonchev–Trinajstić information content (AvgIpc) is 3.14. The number of amidine groups is 1. The number of allylic oxidation sites excluding steroid dienone is 2. The molecule has 1 aromatic rings. The van der Waals surface area contributed by atoms with Gasteiger partial charge in [-0.3, -0.25) is 9.79 Å². The van der Waals surface area contributed by atoms with Crippen LogP contribution in [0.4, 0.5) is 23.2 Å². The molecule has 1 aliphatic carbocycles. The molecule has 0 radical (unpaired) electrons. The van der Waals surface area contributed by atoms with Gasteiger partial charge in [-0.15, -0.1) is 0 Å². The van der Waals surface area contributed by atoms with Gasteiger partial charge < -0.3 is 26.4 Å². The van der Waals surface area contributed by atoms with Gasteiger partial charge in [0.1, 0.15) is 23.0 Å². The number of nitrogens with two attached hydrogens (primary N) is 2. The van der Waals surface area contributed by atoms with Crippen molar-refractivity contribution in [1.29, 1.82) is 0 Å². The van der Waals surface area contributed by atoms with E-state index >= 15 is 4.39 Å². The smallest absolute Gasteiger partial charge is 0.394 e. The molecule has 1 aromatic carbocycles. The summed E-state index contributed by atoms with van der Waals surface area (Å²) < 4.78 is 60.2. The SMILES string of the molecule is CN=CC(=C(N)C(F)(F)F)c1ccc(N=C(N)C2=C(NC3(C)C[C@@]34CCOC4)CCN(C(C)=O)C2)c(F)c1. The third-order valence-corrected chi connectivity index (χ3v) is 7.72. The van der Waals surface area contributed by atoms with E-state index in [4.69, 9.17) is 16.2 Å². The molecule has 1 saturated carbocycles. The van der Waals surface area contributed by atoms with Crippen molar-refractivity contribution >= 4 is 29.2 Å². The second-order valence-corrected chi connectivity index (χ2v) is 10.2. The maximum absolute atomic E-state index is 15.1. The van der Waals surface area contributed by atoms with E-state index in [1.807, 2.05) is 0 Å². The van der Waals surface area contributed by atoms with Crippen LogP contribution < -0.4 is 16.8 Å². The van der Waals surface area contributed by atoms with Crippen LogP contribution in [0.15, 0.2) is 45.2 Å². The van der Waals surface area contributed by atoms with Crippen LogP contribution in [0.1, 0.15) is 38.7 Å². The summed E-state index contributed by atoms with van der Waals surface area (Å²) >= 11 is 0. The zero-order chi connectivity index (χ0) is 27.9. The molecule has 1 spiro atoms. The minimum Gasteiger partial charge on any atom is -0.394 e. The first-order chi connectivity index (χ1) is 17.8. The first-order valence-electron chi connectivity index (χ1n) is 12.3. The first kappa shape index (κ1) is 27.6. The number of nitrogens with zero attached hydrogens (tertiary/aromatic N) is 3. The third kappa shape index (κ3) is 5.27. The van der Waals surface area contributed by atoms with Gasteiger partial charge in [0.15, 0.2) is 0 Å². The number of carbonyl (C=O) groups is 1. The lowest BCUT2D eigenvalue weighted by Gasteiger charge is -2.33. The topological polar surface area (TPSA) is 118 Å². The summed E-state index contributed by atoms with van der Waals surface area (Å²) in [5, 5.41) is 3.62. The standard InChI is InChI=1S/C26H32F4N6O2/c1-15(37)36-8-6-20(35-24(2)13-25(24)7-9-38-14-25)18(12-36)23(32)34-21-5-4-16(10-19(21)27)17(11-33-3)22(31)26(28,29)30/h4-5,10-11,35H,6-9,12-14,31H2,1-3H3,(H2,32,34)/t24?,25-/m1/s1. The van der Waals surface area contributed by atoms with E-state index in [2.05, 4.69) is 22.2 Å². The molecule has 2 aliphatic heterocycles. The molecule has 38 heavy (non-hydrogen) atoms. The Hall–Kier alpha value is -3.41. The highest BCUT2D eigenvalue weighted by Gasteiger charge is 2.66. The Bertz CT molecular complexity index is 1250. The van der Waals surface area contributed by atoms with Crippen molar-refractivity contribution in [3.05, 3.63) is 46.5 Å². The monoisotopic (exact) mass is 536 g/mol. The van der Waals surface area contributed by atoms with Crippen LogP contribution in [0.25, 0.3) is 5.57 Å². The van der Waals surface area contributed by atoms with Crippen LogP contribution in [0.3, 0.4) is 0 Å². The minimum atomic E-state index is -4.81. The van der Waals surface area contributed by atoms with Crippen LogP contribution in [0.2, 0.25) is 0 Å². The van der Waals surface area contributed by atoms with Gasteiger partial charge in [-0.2, -0.15) is 13.2 Å². The summed E-state index contributed by atoms with van der Waals surface area (Å²) in [7, 11) is 1.29. The van der Waals surface area contributed by atoms with E-state index in [1.165, 1.54) is 26.1 Å². The molecule has 206 valence electrons. The molecule has 1 saturated heterocycles. The zero-order valence-electron chi connectivity index (χ0n) is 21.6. The lowest BCUT2D eigenvalue weighted by Crippen LogP contribution is -2.44. The molecule has 0 aromatic heterocycles. The number of carbonyl (C=O) groups excluding carboxylic acids is 1. The summed E-state index contributed by atoms with van der Waals surface area (Å²) in [5.74, 6) is -0.984. The Balaban J connectivity index is 1.67. The Morgan fingerprint density at radius 2 is 2.03 bits per heavy atom. The van der Waals surface area contributed by atoms with Crippen molar-refractivity contribution in [1.82, 2.24) is 10.2 Å². The van der Waals surface area contributed by atoms with Crippen molar-refractivity contribution in [2.24, 2.45) is 26.9 Å². The number of nitrogens with one attached hydrogen (secondary N) is 1. The molecule has 1 amide bonds. The third-order valence-electron chi connectivity index (χ3n) is 7.72. The maximum Gasteiger partial charge on any atom is 0.431 e. The summed E-state index contributed by atoms with van der Waals surface area (Å²) in [5.41, 5.74) is 10.8.